The number of ketones is 1. The van der Waals surface area contributed by atoms with Crippen molar-refractivity contribution in [3.8, 4) is 11.8 Å². The van der Waals surface area contributed by atoms with E-state index in [2.05, 4.69) is 6.07 Å². The van der Waals surface area contributed by atoms with Crippen LogP contribution < -0.4 is 4.74 Å². The quantitative estimate of drug-likeness (QED) is 0.706. The van der Waals surface area contributed by atoms with E-state index in [0.717, 1.165) is 0 Å². The van der Waals surface area contributed by atoms with Crippen LogP contribution in [0.15, 0.2) is 24.3 Å². The molecule has 15 heavy (non-hydrogen) atoms. The molecule has 0 amide bonds. The van der Waals surface area contributed by atoms with Crippen molar-refractivity contribution in [2.24, 2.45) is 5.92 Å². The number of ether oxygens (including phenoxy) is 1. The third-order valence-electron chi connectivity index (χ3n) is 1.98. The summed E-state index contributed by atoms with van der Waals surface area (Å²) in [7, 11) is 0. The van der Waals surface area contributed by atoms with Crippen LogP contribution in [0.25, 0.3) is 0 Å². The van der Waals surface area contributed by atoms with Crippen molar-refractivity contribution in [3.05, 3.63) is 29.8 Å². The first kappa shape index (κ1) is 11.3. The molecule has 1 rings (SSSR count). The molecule has 3 heteroatoms. The van der Waals surface area contributed by atoms with Crippen LogP contribution in [0.3, 0.4) is 0 Å². The maximum absolute atomic E-state index is 11.0. The topological polar surface area (TPSA) is 50.1 Å². The molecule has 0 N–H and O–H groups in total. The van der Waals surface area contributed by atoms with Gasteiger partial charge in [0.2, 0.25) is 0 Å². The predicted octanol–water partition coefficient (Wildman–Crippen LogP) is 2.43. The Bertz CT molecular complexity index is 376. The van der Waals surface area contributed by atoms with Crippen LogP contribution in [0.5, 0.6) is 5.75 Å². The Kier molecular flexibility index (Phi) is 3.87. The third-order valence-corrected chi connectivity index (χ3v) is 1.98. The summed E-state index contributed by atoms with van der Waals surface area (Å²) in [5.41, 5.74) is 0.663. The van der Waals surface area contributed by atoms with Crippen molar-refractivity contribution in [2.75, 3.05) is 6.61 Å². The van der Waals surface area contributed by atoms with E-state index in [9.17, 15) is 4.79 Å². The maximum Gasteiger partial charge on any atom is 0.159 e. The molecule has 0 fully saturated rings. The zero-order valence-corrected chi connectivity index (χ0v) is 8.86. The summed E-state index contributed by atoms with van der Waals surface area (Å²) < 4.78 is 5.36. The highest BCUT2D eigenvalue weighted by Gasteiger charge is 2.02. The summed E-state index contributed by atoms with van der Waals surface area (Å²) in [6.07, 6.45) is 0. The monoisotopic (exact) mass is 203 g/mol. The van der Waals surface area contributed by atoms with Gasteiger partial charge < -0.3 is 4.74 Å². The number of hydrogen-bond donors (Lipinski definition) is 0. The van der Waals surface area contributed by atoms with Gasteiger partial charge in [-0.3, -0.25) is 4.79 Å². The van der Waals surface area contributed by atoms with Crippen LogP contribution in [0.4, 0.5) is 0 Å². The summed E-state index contributed by atoms with van der Waals surface area (Å²) in [5.74, 6) is 0.589. The van der Waals surface area contributed by atoms with Crippen LogP contribution in [-0.2, 0) is 0 Å². The van der Waals surface area contributed by atoms with Gasteiger partial charge in [0.05, 0.1) is 12.0 Å². The smallest absolute Gasteiger partial charge is 0.159 e. The van der Waals surface area contributed by atoms with Crippen molar-refractivity contribution >= 4 is 5.78 Å². The molecule has 1 aromatic rings. The molecule has 1 unspecified atom stereocenters. The molecule has 0 spiro atoms. The second-order valence-electron chi connectivity index (χ2n) is 3.42. The first-order valence-electron chi connectivity index (χ1n) is 4.77. The SMILES string of the molecule is CC(=O)c1ccc(OCC(C)C#N)cc1. The van der Waals surface area contributed by atoms with Crippen LogP contribution in [-0.4, -0.2) is 12.4 Å². The van der Waals surface area contributed by atoms with Crippen LogP contribution in [0.2, 0.25) is 0 Å². The van der Waals surface area contributed by atoms with Crippen molar-refractivity contribution in [1.29, 1.82) is 5.26 Å². The lowest BCUT2D eigenvalue weighted by Crippen LogP contribution is -2.06. The molecule has 0 aliphatic rings. The van der Waals surface area contributed by atoms with Crippen molar-refractivity contribution in [3.63, 3.8) is 0 Å². The van der Waals surface area contributed by atoms with Crippen LogP contribution in [0.1, 0.15) is 24.2 Å². The van der Waals surface area contributed by atoms with Crippen molar-refractivity contribution < 1.29 is 9.53 Å². The van der Waals surface area contributed by atoms with E-state index >= 15 is 0 Å². The predicted molar refractivity (Wildman–Crippen MR) is 56.7 cm³/mol. The van der Waals surface area contributed by atoms with E-state index in [-0.39, 0.29) is 11.7 Å². The minimum atomic E-state index is -0.127. The van der Waals surface area contributed by atoms with Gasteiger partial charge in [-0.2, -0.15) is 5.26 Å². The van der Waals surface area contributed by atoms with E-state index in [4.69, 9.17) is 10.00 Å². The van der Waals surface area contributed by atoms with Gasteiger partial charge in [0, 0.05) is 5.56 Å². The number of benzene rings is 1. The minimum Gasteiger partial charge on any atom is -0.492 e. The Morgan fingerprint density at radius 2 is 2.07 bits per heavy atom. The van der Waals surface area contributed by atoms with Gasteiger partial charge in [-0.05, 0) is 38.1 Å². The second kappa shape index (κ2) is 5.16. The molecule has 0 aromatic heterocycles. The fraction of sp³-hybridized carbons (Fsp3) is 0.333. The molecule has 3 nitrogen and oxygen atoms in total. The lowest BCUT2D eigenvalue weighted by Gasteiger charge is -2.07. The van der Waals surface area contributed by atoms with E-state index in [1.807, 2.05) is 0 Å². The van der Waals surface area contributed by atoms with Crippen molar-refractivity contribution in [2.45, 2.75) is 13.8 Å². The van der Waals surface area contributed by atoms with E-state index in [1.165, 1.54) is 6.92 Å². The molecular formula is C12H13NO2. The first-order chi connectivity index (χ1) is 7.13. The van der Waals surface area contributed by atoms with E-state index < -0.39 is 0 Å². The summed E-state index contributed by atoms with van der Waals surface area (Å²) in [6.45, 7) is 3.69. The van der Waals surface area contributed by atoms with Gasteiger partial charge in [0.15, 0.2) is 5.78 Å². The Morgan fingerprint density at radius 1 is 1.47 bits per heavy atom. The molecule has 0 bridgehead atoms. The average molecular weight is 203 g/mol. The first-order valence-corrected chi connectivity index (χ1v) is 4.77. The fourth-order valence-electron chi connectivity index (χ4n) is 1.04. The average Bonchev–Trinajstić information content (AvgIpc) is 2.26. The molecular weight excluding hydrogens is 190 g/mol. The van der Waals surface area contributed by atoms with Gasteiger partial charge in [0.1, 0.15) is 12.4 Å². The number of carbonyl (C=O) groups is 1. The van der Waals surface area contributed by atoms with E-state index in [1.54, 1.807) is 31.2 Å². The highest BCUT2D eigenvalue weighted by Crippen LogP contribution is 2.13. The number of Topliss-reactive ketones (excluding diaryl/α,β-unsaturated/α-hetero) is 1. The summed E-state index contributed by atoms with van der Waals surface area (Å²) in [5, 5.41) is 8.56. The minimum absolute atomic E-state index is 0.0342. The Labute approximate surface area is 89.3 Å². The summed E-state index contributed by atoms with van der Waals surface area (Å²) >= 11 is 0. The number of carbonyl (C=O) groups excluding carboxylic acids is 1. The van der Waals surface area contributed by atoms with Crippen molar-refractivity contribution in [1.82, 2.24) is 0 Å². The van der Waals surface area contributed by atoms with Crippen LogP contribution in [0, 0.1) is 17.2 Å². The van der Waals surface area contributed by atoms with Gasteiger partial charge in [-0.25, -0.2) is 0 Å². The molecule has 0 saturated heterocycles. The molecule has 78 valence electrons. The Hall–Kier alpha value is -1.82. The summed E-state index contributed by atoms with van der Waals surface area (Å²) in [4.78, 5) is 11.0. The molecule has 0 aliphatic heterocycles. The molecule has 1 atom stereocenters. The molecule has 0 radical (unpaired) electrons. The number of rotatable bonds is 4. The highest BCUT2D eigenvalue weighted by molar-refractivity contribution is 5.94. The van der Waals surface area contributed by atoms with Crippen LogP contribution >= 0.6 is 0 Å². The fourth-order valence-corrected chi connectivity index (χ4v) is 1.04. The lowest BCUT2D eigenvalue weighted by molar-refractivity contribution is 0.101. The van der Waals surface area contributed by atoms with Gasteiger partial charge in [0.25, 0.3) is 0 Å². The number of nitrogens with zero attached hydrogens (tertiary/aromatic N) is 1. The van der Waals surface area contributed by atoms with Gasteiger partial charge >= 0.3 is 0 Å². The zero-order valence-electron chi connectivity index (χ0n) is 8.86. The lowest BCUT2D eigenvalue weighted by atomic mass is 10.1. The highest BCUT2D eigenvalue weighted by atomic mass is 16.5. The Balaban J connectivity index is 2.58. The molecule has 0 aliphatic carbocycles. The number of nitriles is 1. The molecule has 0 heterocycles. The zero-order chi connectivity index (χ0) is 11.3. The molecule has 1 aromatic carbocycles. The second-order valence-corrected chi connectivity index (χ2v) is 3.42. The largest absolute Gasteiger partial charge is 0.492 e. The van der Waals surface area contributed by atoms with Gasteiger partial charge in [-0.1, -0.05) is 0 Å². The normalized spacial score (nSPS) is 11.5. The Morgan fingerprint density at radius 3 is 2.53 bits per heavy atom. The van der Waals surface area contributed by atoms with Gasteiger partial charge in [-0.15, -0.1) is 0 Å². The third kappa shape index (κ3) is 3.43. The molecule has 0 saturated carbocycles. The standard InChI is InChI=1S/C12H13NO2/c1-9(7-13)8-15-12-5-3-11(4-6-12)10(2)14/h3-6,9H,8H2,1-2H3. The maximum atomic E-state index is 11.0. The number of hydrogen-bond acceptors (Lipinski definition) is 3. The summed E-state index contributed by atoms with van der Waals surface area (Å²) in [6, 6.07) is 8.99. The van der Waals surface area contributed by atoms with E-state index in [0.29, 0.717) is 17.9 Å².